The fourth-order valence-electron chi connectivity index (χ4n) is 3.59. The topological polar surface area (TPSA) is 42.4 Å². The molecule has 0 saturated carbocycles. The van der Waals surface area contributed by atoms with Gasteiger partial charge in [-0.15, -0.1) is 0 Å². The quantitative estimate of drug-likeness (QED) is 0.639. The highest BCUT2D eigenvalue weighted by molar-refractivity contribution is 5.94. The summed E-state index contributed by atoms with van der Waals surface area (Å²) in [6, 6.07) is 19.5. The van der Waals surface area contributed by atoms with E-state index in [1.807, 2.05) is 41.3 Å². The van der Waals surface area contributed by atoms with E-state index < -0.39 is 0 Å². The maximum atomic E-state index is 13.5. The number of carbonyl (C=O) groups excluding carboxylic acids is 1. The summed E-state index contributed by atoms with van der Waals surface area (Å²) in [4.78, 5) is 19.1. The molecule has 2 heterocycles. The number of aromatic nitrogens is 1. The van der Waals surface area contributed by atoms with Crippen LogP contribution < -0.4 is 4.74 Å². The predicted octanol–water partition coefficient (Wildman–Crippen LogP) is 4.86. The number of carbonyl (C=O) groups is 1. The van der Waals surface area contributed by atoms with E-state index >= 15 is 0 Å². The van der Waals surface area contributed by atoms with Crippen molar-refractivity contribution in [3.8, 4) is 11.6 Å². The highest BCUT2D eigenvalue weighted by Crippen LogP contribution is 2.25. The van der Waals surface area contributed by atoms with E-state index in [-0.39, 0.29) is 17.8 Å². The Morgan fingerprint density at radius 3 is 2.71 bits per heavy atom. The molecule has 1 unspecified atom stereocenters. The average Bonchev–Trinajstić information content (AvgIpc) is 3.17. The van der Waals surface area contributed by atoms with Gasteiger partial charge in [-0.25, -0.2) is 9.37 Å². The second-order valence-corrected chi connectivity index (χ2v) is 6.93. The lowest BCUT2D eigenvalue weighted by Gasteiger charge is -2.25. The summed E-state index contributed by atoms with van der Waals surface area (Å²) in [6.07, 6.45) is 4.09. The molecular weight excluding hydrogens is 355 g/mol. The van der Waals surface area contributed by atoms with Crippen molar-refractivity contribution in [1.82, 2.24) is 9.88 Å². The molecule has 1 aliphatic heterocycles. The molecule has 0 aliphatic carbocycles. The van der Waals surface area contributed by atoms with Crippen LogP contribution in [0.5, 0.6) is 11.6 Å². The largest absolute Gasteiger partial charge is 0.439 e. The number of likely N-dealkylation sites (tertiary alicyclic amines) is 1. The van der Waals surface area contributed by atoms with Gasteiger partial charge >= 0.3 is 0 Å². The molecule has 0 N–H and O–H groups in total. The summed E-state index contributed by atoms with van der Waals surface area (Å²) in [5.41, 5.74) is 1.45. The number of hydrogen-bond acceptors (Lipinski definition) is 3. The van der Waals surface area contributed by atoms with Crippen molar-refractivity contribution in [2.45, 2.75) is 25.3 Å². The van der Waals surface area contributed by atoms with Gasteiger partial charge in [0.15, 0.2) is 0 Å². The molecule has 142 valence electrons. The number of rotatable bonds is 5. The van der Waals surface area contributed by atoms with Crippen LogP contribution >= 0.6 is 0 Å². The molecule has 3 aromatic rings. The normalized spacial score (nSPS) is 16.2. The van der Waals surface area contributed by atoms with E-state index in [4.69, 9.17) is 4.74 Å². The van der Waals surface area contributed by atoms with Crippen LogP contribution in [0.3, 0.4) is 0 Å². The van der Waals surface area contributed by atoms with Gasteiger partial charge in [0.05, 0.1) is 5.56 Å². The molecule has 1 aromatic heterocycles. The molecule has 1 fully saturated rings. The number of nitrogens with zero attached hydrogens (tertiary/aromatic N) is 2. The van der Waals surface area contributed by atoms with E-state index in [1.165, 1.54) is 12.1 Å². The Morgan fingerprint density at radius 1 is 1.11 bits per heavy atom. The number of ether oxygens (including phenoxy) is 1. The van der Waals surface area contributed by atoms with Crippen molar-refractivity contribution in [2.24, 2.45) is 0 Å². The van der Waals surface area contributed by atoms with Gasteiger partial charge in [0.2, 0.25) is 5.88 Å². The van der Waals surface area contributed by atoms with Gasteiger partial charge in [0.25, 0.3) is 5.91 Å². The van der Waals surface area contributed by atoms with Crippen molar-refractivity contribution in [3.63, 3.8) is 0 Å². The maximum Gasteiger partial charge on any atom is 0.255 e. The Kier molecular flexibility index (Phi) is 5.33. The second-order valence-electron chi connectivity index (χ2n) is 6.93. The lowest BCUT2D eigenvalue weighted by Crippen LogP contribution is -2.36. The van der Waals surface area contributed by atoms with Crippen molar-refractivity contribution >= 4 is 5.91 Å². The van der Waals surface area contributed by atoms with Crippen LogP contribution in [0.2, 0.25) is 0 Å². The summed E-state index contributed by atoms with van der Waals surface area (Å²) < 4.78 is 19.1. The van der Waals surface area contributed by atoms with Gasteiger partial charge in [-0.1, -0.05) is 30.3 Å². The second kappa shape index (κ2) is 8.21. The van der Waals surface area contributed by atoms with E-state index in [1.54, 1.807) is 24.4 Å². The van der Waals surface area contributed by atoms with Gasteiger partial charge in [-0.3, -0.25) is 4.79 Å². The first-order valence-corrected chi connectivity index (χ1v) is 9.43. The van der Waals surface area contributed by atoms with Crippen LogP contribution in [0.1, 0.15) is 28.8 Å². The molecular formula is C23H21FN2O2. The fraction of sp³-hybridized carbons (Fsp3) is 0.217. The zero-order valence-electron chi connectivity index (χ0n) is 15.4. The smallest absolute Gasteiger partial charge is 0.255 e. The zero-order valence-corrected chi connectivity index (χ0v) is 15.4. The highest BCUT2D eigenvalue weighted by atomic mass is 19.1. The third kappa shape index (κ3) is 4.19. The number of pyridine rings is 1. The molecule has 1 saturated heterocycles. The zero-order chi connectivity index (χ0) is 19.3. The molecule has 5 heteroatoms. The minimum Gasteiger partial charge on any atom is -0.439 e. The average molecular weight is 376 g/mol. The maximum absolute atomic E-state index is 13.5. The lowest BCUT2D eigenvalue weighted by molar-refractivity contribution is 0.0736. The minimum absolute atomic E-state index is 0.0438. The number of halogens is 1. The van der Waals surface area contributed by atoms with Gasteiger partial charge < -0.3 is 9.64 Å². The Hall–Kier alpha value is -3.21. The third-order valence-corrected chi connectivity index (χ3v) is 4.95. The highest BCUT2D eigenvalue weighted by Gasteiger charge is 2.29. The summed E-state index contributed by atoms with van der Waals surface area (Å²) in [7, 11) is 0. The van der Waals surface area contributed by atoms with Crippen molar-refractivity contribution in [1.29, 1.82) is 0 Å². The monoisotopic (exact) mass is 376 g/mol. The Labute approximate surface area is 163 Å². The fourth-order valence-corrected chi connectivity index (χ4v) is 3.59. The van der Waals surface area contributed by atoms with E-state index in [2.05, 4.69) is 4.98 Å². The van der Waals surface area contributed by atoms with Crippen LogP contribution in [0.4, 0.5) is 4.39 Å². The minimum atomic E-state index is -0.244. The van der Waals surface area contributed by atoms with E-state index in [9.17, 15) is 9.18 Å². The van der Waals surface area contributed by atoms with Crippen molar-refractivity contribution < 1.29 is 13.9 Å². The first kappa shape index (κ1) is 18.2. The molecule has 1 aliphatic rings. The Morgan fingerprint density at radius 2 is 1.96 bits per heavy atom. The molecule has 1 amide bonds. The molecule has 0 bridgehead atoms. The van der Waals surface area contributed by atoms with Crippen LogP contribution in [0.25, 0.3) is 0 Å². The molecule has 4 nitrogen and oxygen atoms in total. The lowest BCUT2D eigenvalue weighted by atomic mass is 10.0. The van der Waals surface area contributed by atoms with Crippen LogP contribution in [-0.2, 0) is 6.42 Å². The summed E-state index contributed by atoms with van der Waals surface area (Å²) in [5, 5.41) is 0. The summed E-state index contributed by atoms with van der Waals surface area (Å²) in [6.45, 7) is 0.709. The molecule has 0 radical (unpaired) electrons. The van der Waals surface area contributed by atoms with E-state index in [0.717, 1.165) is 18.4 Å². The standard InChI is InChI=1S/C23H21FN2O2/c24-19-7-4-6-17(14-19)15-20-8-5-13-26(20)23(27)18-11-12-22(25-16-18)28-21-9-2-1-3-10-21/h1-4,6-7,9-12,14,16,20H,5,8,13,15H2. The number of para-hydroxylation sites is 1. The third-order valence-electron chi connectivity index (χ3n) is 4.95. The van der Waals surface area contributed by atoms with Gasteiger partial charge in [-0.2, -0.15) is 0 Å². The van der Waals surface area contributed by atoms with Crippen LogP contribution in [-0.4, -0.2) is 28.4 Å². The number of benzene rings is 2. The molecule has 28 heavy (non-hydrogen) atoms. The molecule has 1 atom stereocenters. The summed E-state index contributed by atoms with van der Waals surface area (Å²) >= 11 is 0. The number of amides is 1. The SMILES string of the molecule is O=C(c1ccc(Oc2ccccc2)nc1)N1CCCC1Cc1cccc(F)c1. The van der Waals surface area contributed by atoms with Crippen molar-refractivity contribution in [3.05, 3.63) is 89.9 Å². The molecule has 4 rings (SSSR count). The first-order chi connectivity index (χ1) is 13.7. The van der Waals surface area contributed by atoms with Gasteiger partial charge in [0.1, 0.15) is 11.6 Å². The summed E-state index contributed by atoms with van der Waals surface area (Å²) in [5.74, 6) is 0.855. The van der Waals surface area contributed by atoms with Gasteiger partial charge in [-0.05, 0) is 55.2 Å². The molecule has 2 aromatic carbocycles. The molecule has 0 spiro atoms. The first-order valence-electron chi connectivity index (χ1n) is 9.43. The number of hydrogen-bond donors (Lipinski definition) is 0. The predicted molar refractivity (Wildman–Crippen MR) is 105 cm³/mol. The Balaban J connectivity index is 1.44. The van der Waals surface area contributed by atoms with Crippen LogP contribution in [0.15, 0.2) is 72.9 Å². The van der Waals surface area contributed by atoms with E-state index in [0.29, 0.717) is 30.2 Å². The van der Waals surface area contributed by atoms with Crippen LogP contribution in [0, 0.1) is 5.82 Å². The van der Waals surface area contributed by atoms with Gasteiger partial charge in [0, 0.05) is 24.8 Å². The van der Waals surface area contributed by atoms with Crippen molar-refractivity contribution in [2.75, 3.05) is 6.54 Å². The Bertz CT molecular complexity index is 944.